The van der Waals surface area contributed by atoms with Crippen molar-refractivity contribution in [3.8, 4) is 0 Å². The third-order valence-corrected chi connectivity index (χ3v) is 5.94. The number of rotatable bonds is 4. The Kier molecular flexibility index (Phi) is 4.68. The van der Waals surface area contributed by atoms with Gasteiger partial charge >= 0.3 is 0 Å². The fraction of sp³-hybridized carbons (Fsp3) is 0.200. The molecule has 0 aliphatic heterocycles. The van der Waals surface area contributed by atoms with Gasteiger partial charge in [-0.3, -0.25) is 4.31 Å². The topological polar surface area (TPSA) is 37.4 Å². The van der Waals surface area contributed by atoms with Gasteiger partial charge in [0.2, 0.25) is 0 Å². The lowest BCUT2D eigenvalue weighted by Gasteiger charge is -2.23. The molecule has 0 unspecified atom stereocenters. The molecule has 0 spiro atoms. The fourth-order valence-corrected chi connectivity index (χ4v) is 4.66. The number of sulfonamides is 1. The first-order valence-corrected chi connectivity index (χ1v) is 8.64. The number of hydrogen-bond acceptors (Lipinski definition) is 2. The molecular weight excluding hydrogens is 357 g/mol. The summed E-state index contributed by atoms with van der Waals surface area (Å²) >= 11 is 3.30. The molecule has 0 heterocycles. The van der Waals surface area contributed by atoms with Gasteiger partial charge in [0.05, 0.1) is 5.69 Å². The van der Waals surface area contributed by atoms with Crippen molar-refractivity contribution in [3.05, 3.63) is 58.3 Å². The summed E-state index contributed by atoms with van der Waals surface area (Å²) in [6.45, 7) is 3.88. The molecule has 0 saturated heterocycles. The van der Waals surface area contributed by atoms with Gasteiger partial charge in [0.15, 0.2) is 0 Å². The summed E-state index contributed by atoms with van der Waals surface area (Å²) < 4.78 is 40.3. The van der Waals surface area contributed by atoms with Gasteiger partial charge in [-0.25, -0.2) is 12.8 Å². The van der Waals surface area contributed by atoms with Crippen molar-refractivity contribution >= 4 is 31.6 Å². The van der Waals surface area contributed by atoms with Crippen molar-refractivity contribution in [2.75, 3.05) is 10.8 Å². The van der Waals surface area contributed by atoms with E-state index in [2.05, 4.69) is 15.9 Å². The Bertz CT molecular complexity index is 745. The molecule has 0 saturated carbocycles. The zero-order chi connectivity index (χ0) is 15.6. The van der Waals surface area contributed by atoms with Crippen molar-refractivity contribution < 1.29 is 12.8 Å². The van der Waals surface area contributed by atoms with E-state index in [1.165, 1.54) is 28.6 Å². The van der Waals surface area contributed by atoms with Crippen LogP contribution in [0, 0.1) is 12.7 Å². The molecular formula is C15H15BrFNO2S. The van der Waals surface area contributed by atoms with Crippen LogP contribution in [0.2, 0.25) is 0 Å². The molecule has 6 heteroatoms. The standard InChI is InChI=1S/C15H15BrFNO2S/c1-3-18(13-7-5-12(17)6-8-13)21(19,20)15-9-4-11(2)10-14(15)16/h4-10H,3H2,1-2H3. The first-order valence-electron chi connectivity index (χ1n) is 6.40. The van der Waals surface area contributed by atoms with Gasteiger partial charge in [0.1, 0.15) is 10.7 Å². The Balaban J connectivity index is 2.51. The van der Waals surface area contributed by atoms with Crippen LogP contribution in [0.15, 0.2) is 51.8 Å². The SMILES string of the molecule is CCN(c1ccc(F)cc1)S(=O)(=O)c1ccc(C)cc1Br. The highest BCUT2D eigenvalue weighted by Gasteiger charge is 2.25. The first kappa shape index (κ1) is 16.0. The fourth-order valence-electron chi connectivity index (χ4n) is 2.03. The summed E-state index contributed by atoms with van der Waals surface area (Å²) in [4.78, 5) is 0.194. The number of aryl methyl sites for hydroxylation is 1. The van der Waals surface area contributed by atoms with Crippen molar-refractivity contribution in [2.24, 2.45) is 0 Å². The lowest BCUT2D eigenvalue weighted by atomic mass is 10.2. The highest BCUT2D eigenvalue weighted by Crippen LogP contribution is 2.29. The van der Waals surface area contributed by atoms with Crippen molar-refractivity contribution in [2.45, 2.75) is 18.7 Å². The Morgan fingerprint density at radius 2 is 1.76 bits per heavy atom. The second-order valence-electron chi connectivity index (χ2n) is 4.58. The molecule has 21 heavy (non-hydrogen) atoms. The number of hydrogen-bond donors (Lipinski definition) is 0. The third-order valence-electron chi connectivity index (χ3n) is 3.06. The number of anilines is 1. The van der Waals surface area contributed by atoms with Crippen molar-refractivity contribution in [1.82, 2.24) is 0 Å². The second kappa shape index (κ2) is 6.15. The van der Waals surface area contributed by atoms with Crippen molar-refractivity contribution in [1.29, 1.82) is 0 Å². The highest BCUT2D eigenvalue weighted by atomic mass is 79.9. The van der Waals surface area contributed by atoms with E-state index >= 15 is 0 Å². The van der Waals surface area contributed by atoms with Crippen LogP contribution in [0.3, 0.4) is 0 Å². The van der Waals surface area contributed by atoms with Crippen LogP contribution in [0.25, 0.3) is 0 Å². The number of halogens is 2. The van der Waals surface area contributed by atoms with Crippen LogP contribution in [-0.2, 0) is 10.0 Å². The molecule has 0 aliphatic rings. The zero-order valence-corrected chi connectivity index (χ0v) is 14.1. The molecule has 0 aromatic heterocycles. The Morgan fingerprint density at radius 1 is 1.14 bits per heavy atom. The average molecular weight is 372 g/mol. The van der Waals surface area contributed by atoms with Gasteiger partial charge in [0.25, 0.3) is 10.0 Å². The molecule has 0 radical (unpaired) electrons. The van der Waals surface area contributed by atoms with Crippen LogP contribution < -0.4 is 4.31 Å². The predicted octanol–water partition coefficient (Wildman–Crippen LogP) is 4.11. The molecule has 2 aromatic rings. The second-order valence-corrected chi connectivity index (χ2v) is 7.27. The molecule has 0 bridgehead atoms. The van der Waals surface area contributed by atoms with E-state index < -0.39 is 15.8 Å². The molecule has 0 amide bonds. The molecule has 0 atom stereocenters. The van der Waals surface area contributed by atoms with E-state index in [-0.39, 0.29) is 11.4 Å². The summed E-state index contributed by atoms with van der Waals surface area (Å²) in [5, 5.41) is 0. The number of nitrogens with zero attached hydrogens (tertiary/aromatic N) is 1. The van der Waals surface area contributed by atoms with E-state index in [1.807, 2.05) is 6.92 Å². The smallest absolute Gasteiger partial charge is 0.265 e. The van der Waals surface area contributed by atoms with E-state index in [0.717, 1.165) is 5.56 Å². The minimum absolute atomic E-state index is 0.194. The summed E-state index contributed by atoms with van der Waals surface area (Å²) in [5.41, 5.74) is 1.40. The van der Waals surface area contributed by atoms with Gasteiger partial charge in [-0.05, 0) is 71.7 Å². The third kappa shape index (κ3) is 3.27. The van der Waals surface area contributed by atoms with E-state index in [0.29, 0.717) is 10.2 Å². The van der Waals surface area contributed by atoms with Gasteiger partial charge < -0.3 is 0 Å². The Hall–Kier alpha value is -1.40. The molecule has 3 nitrogen and oxygen atoms in total. The zero-order valence-electron chi connectivity index (χ0n) is 11.7. The maximum atomic E-state index is 13.0. The number of benzene rings is 2. The summed E-state index contributed by atoms with van der Waals surface area (Å²) in [6, 6.07) is 10.5. The van der Waals surface area contributed by atoms with E-state index in [4.69, 9.17) is 0 Å². The maximum Gasteiger partial charge on any atom is 0.265 e. The lowest BCUT2D eigenvalue weighted by Crippen LogP contribution is -2.31. The predicted molar refractivity (Wildman–Crippen MR) is 85.5 cm³/mol. The van der Waals surface area contributed by atoms with Crippen LogP contribution >= 0.6 is 15.9 Å². The van der Waals surface area contributed by atoms with Gasteiger partial charge in [-0.2, -0.15) is 0 Å². The minimum Gasteiger partial charge on any atom is -0.267 e. The molecule has 0 aliphatic carbocycles. The molecule has 2 aromatic carbocycles. The van der Waals surface area contributed by atoms with Gasteiger partial charge in [-0.15, -0.1) is 0 Å². The normalized spacial score (nSPS) is 11.4. The summed E-state index contributed by atoms with van der Waals surface area (Å²) in [5.74, 6) is -0.399. The Morgan fingerprint density at radius 3 is 2.29 bits per heavy atom. The monoisotopic (exact) mass is 371 g/mol. The van der Waals surface area contributed by atoms with Crippen molar-refractivity contribution in [3.63, 3.8) is 0 Å². The molecule has 0 fully saturated rings. The van der Waals surface area contributed by atoms with E-state index in [1.54, 1.807) is 25.1 Å². The summed E-state index contributed by atoms with van der Waals surface area (Å²) in [6.07, 6.45) is 0. The van der Waals surface area contributed by atoms with Gasteiger partial charge in [0, 0.05) is 11.0 Å². The summed E-state index contributed by atoms with van der Waals surface area (Å²) in [7, 11) is -3.70. The minimum atomic E-state index is -3.70. The van der Waals surface area contributed by atoms with Crippen LogP contribution in [0.4, 0.5) is 10.1 Å². The largest absolute Gasteiger partial charge is 0.267 e. The maximum absolute atomic E-state index is 13.0. The van der Waals surface area contributed by atoms with Crippen LogP contribution in [-0.4, -0.2) is 15.0 Å². The molecule has 112 valence electrons. The van der Waals surface area contributed by atoms with E-state index in [9.17, 15) is 12.8 Å². The van der Waals surface area contributed by atoms with Crippen LogP contribution in [0.1, 0.15) is 12.5 Å². The Labute approximate surface area is 132 Å². The molecule has 0 N–H and O–H groups in total. The average Bonchev–Trinajstić information content (AvgIpc) is 2.41. The molecule has 2 rings (SSSR count). The lowest BCUT2D eigenvalue weighted by molar-refractivity contribution is 0.591. The quantitative estimate of drug-likeness (QED) is 0.810. The van der Waals surface area contributed by atoms with Gasteiger partial charge in [-0.1, -0.05) is 6.07 Å². The highest BCUT2D eigenvalue weighted by molar-refractivity contribution is 9.10. The first-order chi connectivity index (χ1) is 9.86. The van der Waals surface area contributed by atoms with Crippen LogP contribution in [0.5, 0.6) is 0 Å².